The molecule has 5 heteroatoms. The number of hydrogen-bond donors (Lipinski definition) is 1. The lowest BCUT2D eigenvalue weighted by atomic mass is 9.85. The fraction of sp³-hybridized carbons (Fsp3) is 0.375. The van der Waals surface area contributed by atoms with Crippen molar-refractivity contribution in [2.45, 2.75) is 19.4 Å². The molecule has 0 saturated carbocycles. The van der Waals surface area contributed by atoms with Crippen molar-refractivity contribution in [3.05, 3.63) is 41.5 Å². The normalized spacial score (nSPS) is 24.5. The van der Waals surface area contributed by atoms with Gasteiger partial charge in [0.1, 0.15) is 6.10 Å². The molecule has 0 bridgehead atoms. The molecule has 2 aliphatic rings. The van der Waals surface area contributed by atoms with Gasteiger partial charge in [0, 0.05) is 12.5 Å². The van der Waals surface area contributed by atoms with Crippen LogP contribution in [0.2, 0.25) is 0 Å². The first-order valence-electron chi connectivity index (χ1n) is 7.11. The van der Waals surface area contributed by atoms with E-state index in [9.17, 15) is 9.59 Å². The first-order chi connectivity index (χ1) is 10.2. The number of esters is 1. The van der Waals surface area contributed by atoms with Crippen molar-refractivity contribution in [2.24, 2.45) is 5.92 Å². The minimum atomic E-state index is -0.586. The molecular weight excluding hydrogens is 270 g/mol. The average molecular weight is 287 g/mol. The van der Waals surface area contributed by atoms with Gasteiger partial charge in [0.15, 0.2) is 0 Å². The van der Waals surface area contributed by atoms with Gasteiger partial charge in [-0.05, 0) is 18.9 Å². The SMILES string of the molecule is CCOC(=O)C1=C(c2ccccc2)NC(=O)[C@@H]2OCC[C@@H]12. The second kappa shape index (κ2) is 5.69. The van der Waals surface area contributed by atoms with E-state index in [0.29, 0.717) is 30.9 Å². The summed E-state index contributed by atoms with van der Waals surface area (Å²) in [7, 11) is 0. The van der Waals surface area contributed by atoms with Crippen molar-refractivity contribution < 1.29 is 19.1 Å². The highest BCUT2D eigenvalue weighted by Gasteiger charge is 2.45. The second-order valence-corrected chi connectivity index (χ2v) is 5.05. The Morgan fingerprint density at radius 3 is 2.86 bits per heavy atom. The number of ether oxygens (including phenoxy) is 2. The minimum absolute atomic E-state index is 0.190. The molecule has 0 radical (unpaired) electrons. The van der Waals surface area contributed by atoms with Crippen LogP contribution in [0.5, 0.6) is 0 Å². The first-order valence-corrected chi connectivity index (χ1v) is 7.11. The molecule has 3 rings (SSSR count). The Morgan fingerprint density at radius 2 is 2.14 bits per heavy atom. The van der Waals surface area contributed by atoms with Crippen LogP contribution in [-0.4, -0.2) is 31.2 Å². The Hall–Kier alpha value is -2.14. The van der Waals surface area contributed by atoms with Gasteiger partial charge in [0.05, 0.1) is 17.9 Å². The third kappa shape index (κ3) is 2.45. The van der Waals surface area contributed by atoms with E-state index < -0.39 is 6.10 Å². The Kier molecular flexibility index (Phi) is 3.75. The van der Waals surface area contributed by atoms with Crippen LogP contribution in [0.15, 0.2) is 35.9 Å². The molecule has 1 aromatic rings. The molecule has 0 aromatic heterocycles. The van der Waals surface area contributed by atoms with Crippen molar-refractivity contribution in [3.63, 3.8) is 0 Å². The van der Waals surface area contributed by atoms with Crippen molar-refractivity contribution >= 4 is 17.6 Å². The maximum Gasteiger partial charge on any atom is 0.336 e. The zero-order valence-electron chi connectivity index (χ0n) is 11.8. The lowest BCUT2D eigenvalue weighted by molar-refractivity contribution is -0.140. The first kappa shape index (κ1) is 13.8. The van der Waals surface area contributed by atoms with Gasteiger partial charge >= 0.3 is 5.97 Å². The van der Waals surface area contributed by atoms with Crippen molar-refractivity contribution in [1.82, 2.24) is 5.32 Å². The summed E-state index contributed by atoms with van der Waals surface area (Å²) in [6.07, 6.45) is 0.0691. The van der Waals surface area contributed by atoms with Crippen molar-refractivity contribution in [3.8, 4) is 0 Å². The number of hydrogen-bond acceptors (Lipinski definition) is 4. The van der Waals surface area contributed by atoms with Crippen LogP contribution in [0.25, 0.3) is 5.70 Å². The van der Waals surface area contributed by atoms with Crippen molar-refractivity contribution in [2.75, 3.05) is 13.2 Å². The van der Waals surface area contributed by atoms with E-state index in [4.69, 9.17) is 9.47 Å². The molecule has 1 fully saturated rings. The average Bonchev–Trinajstić information content (AvgIpc) is 2.98. The predicted octanol–water partition coefficient (Wildman–Crippen LogP) is 1.50. The van der Waals surface area contributed by atoms with E-state index >= 15 is 0 Å². The number of fused-ring (bicyclic) bond motifs is 1. The van der Waals surface area contributed by atoms with Crippen LogP contribution < -0.4 is 5.32 Å². The predicted molar refractivity (Wildman–Crippen MR) is 76.0 cm³/mol. The summed E-state index contributed by atoms with van der Waals surface area (Å²) in [5, 5.41) is 2.81. The summed E-state index contributed by atoms with van der Waals surface area (Å²) in [4.78, 5) is 24.5. The summed E-state index contributed by atoms with van der Waals surface area (Å²) in [6.45, 7) is 2.55. The summed E-state index contributed by atoms with van der Waals surface area (Å²) >= 11 is 0. The maximum atomic E-state index is 12.3. The zero-order chi connectivity index (χ0) is 14.8. The van der Waals surface area contributed by atoms with E-state index in [1.165, 1.54) is 0 Å². The molecule has 21 heavy (non-hydrogen) atoms. The lowest BCUT2D eigenvalue weighted by Gasteiger charge is -2.28. The fourth-order valence-corrected chi connectivity index (χ4v) is 2.89. The van der Waals surface area contributed by atoms with Crippen LogP contribution in [0, 0.1) is 5.92 Å². The largest absolute Gasteiger partial charge is 0.463 e. The van der Waals surface area contributed by atoms with Gasteiger partial charge in [-0.25, -0.2) is 4.79 Å². The quantitative estimate of drug-likeness (QED) is 0.856. The molecule has 5 nitrogen and oxygen atoms in total. The Morgan fingerprint density at radius 1 is 1.38 bits per heavy atom. The number of carbonyl (C=O) groups is 2. The number of carbonyl (C=O) groups excluding carboxylic acids is 2. The van der Waals surface area contributed by atoms with Gasteiger partial charge in [-0.2, -0.15) is 0 Å². The standard InChI is InChI=1S/C16H17NO4/c1-2-20-16(19)12-11-8-9-21-14(11)15(18)17-13(12)10-6-4-3-5-7-10/h3-7,11,14H,2,8-9H2,1H3,(H,17,18)/t11-,14+/m0/s1. The van der Waals surface area contributed by atoms with Gasteiger partial charge in [-0.3, -0.25) is 4.79 Å². The van der Waals surface area contributed by atoms with Gasteiger partial charge in [-0.15, -0.1) is 0 Å². The summed E-state index contributed by atoms with van der Waals surface area (Å²) in [6, 6.07) is 9.36. The Bertz CT molecular complexity index is 594. The summed E-state index contributed by atoms with van der Waals surface area (Å²) in [5.74, 6) is -0.797. The molecule has 0 aliphatic carbocycles. The summed E-state index contributed by atoms with van der Waals surface area (Å²) in [5.41, 5.74) is 1.87. The van der Waals surface area contributed by atoms with Gasteiger partial charge in [0.2, 0.25) is 0 Å². The van der Waals surface area contributed by atoms with Crippen LogP contribution >= 0.6 is 0 Å². The van der Waals surface area contributed by atoms with Crippen LogP contribution in [0.4, 0.5) is 0 Å². The molecule has 0 unspecified atom stereocenters. The van der Waals surface area contributed by atoms with Gasteiger partial charge in [-0.1, -0.05) is 30.3 Å². The van der Waals surface area contributed by atoms with E-state index in [2.05, 4.69) is 5.32 Å². The molecule has 1 aromatic carbocycles. The second-order valence-electron chi connectivity index (χ2n) is 5.05. The molecule has 1 amide bonds. The molecular formula is C16H17NO4. The topological polar surface area (TPSA) is 64.6 Å². The van der Waals surface area contributed by atoms with E-state index in [-0.39, 0.29) is 17.8 Å². The lowest BCUT2D eigenvalue weighted by Crippen LogP contribution is -2.44. The number of amides is 1. The van der Waals surface area contributed by atoms with Crippen LogP contribution in [-0.2, 0) is 19.1 Å². The zero-order valence-corrected chi connectivity index (χ0v) is 11.8. The monoisotopic (exact) mass is 287 g/mol. The molecule has 0 spiro atoms. The van der Waals surface area contributed by atoms with E-state index in [0.717, 1.165) is 5.56 Å². The molecule has 2 heterocycles. The molecule has 1 saturated heterocycles. The third-order valence-corrected chi connectivity index (χ3v) is 3.80. The van der Waals surface area contributed by atoms with E-state index in [1.807, 2.05) is 30.3 Å². The van der Waals surface area contributed by atoms with E-state index in [1.54, 1.807) is 6.92 Å². The van der Waals surface area contributed by atoms with Gasteiger partial charge in [0.25, 0.3) is 5.91 Å². The highest BCUT2D eigenvalue weighted by molar-refractivity contribution is 6.05. The molecule has 1 N–H and O–H groups in total. The Labute approximate surface area is 122 Å². The molecule has 110 valence electrons. The molecule has 2 atom stereocenters. The highest BCUT2D eigenvalue weighted by Crippen LogP contribution is 2.36. The Balaban J connectivity index is 2.10. The third-order valence-electron chi connectivity index (χ3n) is 3.80. The van der Waals surface area contributed by atoms with Crippen LogP contribution in [0.1, 0.15) is 18.9 Å². The number of nitrogens with one attached hydrogen (secondary N) is 1. The fourth-order valence-electron chi connectivity index (χ4n) is 2.89. The van der Waals surface area contributed by atoms with Gasteiger partial charge < -0.3 is 14.8 Å². The number of rotatable bonds is 3. The summed E-state index contributed by atoms with van der Waals surface area (Å²) < 4.78 is 10.6. The van der Waals surface area contributed by atoms with Crippen LogP contribution in [0.3, 0.4) is 0 Å². The maximum absolute atomic E-state index is 12.3. The number of benzene rings is 1. The highest BCUT2D eigenvalue weighted by atomic mass is 16.5. The smallest absolute Gasteiger partial charge is 0.336 e. The molecule has 2 aliphatic heterocycles. The minimum Gasteiger partial charge on any atom is -0.463 e. The van der Waals surface area contributed by atoms with Crippen molar-refractivity contribution in [1.29, 1.82) is 0 Å².